The summed E-state index contributed by atoms with van der Waals surface area (Å²) in [4.78, 5) is 20.1. The van der Waals surface area contributed by atoms with Crippen LogP contribution in [0, 0.1) is 5.92 Å². The second-order valence-corrected chi connectivity index (χ2v) is 9.08. The molecule has 3 aliphatic rings. The molecule has 0 bridgehead atoms. The molecule has 4 rings (SSSR count). The van der Waals surface area contributed by atoms with Crippen molar-refractivity contribution in [2.45, 2.75) is 51.1 Å². The van der Waals surface area contributed by atoms with Crippen LogP contribution in [0.5, 0.6) is 11.5 Å². The second-order valence-electron chi connectivity index (χ2n) is 9.08. The summed E-state index contributed by atoms with van der Waals surface area (Å²) in [6.07, 6.45) is 7.69. The summed E-state index contributed by atoms with van der Waals surface area (Å²) in [6.45, 7) is 6.37. The Morgan fingerprint density at radius 1 is 0.900 bits per heavy atom. The third-order valence-corrected chi connectivity index (χ3v) is 7.24. The fourth-order valence-electron chi connectivity index (χ4n) is 5.56. The molecule has 0 radical (unpaired) electrons. The van der Waals surface area contributed by atoms with Gasteiger partial charge in [0.25, 0.3) is 0 Å². The number of carbonyl (C=O) groups excluding carboxylic acids is 1. The maximum Gasteiger partial charge on any atom is 0.237 e. The van der Waals surface area contributed by atoms with E-state index in [0.717, 1.165) is 56.7 Å². The van der Waals surface area contributed by atoms with Gasteiger partial charge in [-0.3, -0.25) is 14.6 Å². The van der Waals surface area contributed by atoms with Crippen molar-refractivity contribution < 1.29 is 14.3 Å². The quantitative estimate of drug-likeness (QED) is 0.715. The van der Waals surface area contributed by atoms with E-state index in [1.807, 2.05) is 6.07 Å². The number of rotatable bonds is 6. The number of benzene rings is 1. The Morgan fingerprint density at radius 2 is 1.60 bits per heavy atom. The van der Waals surface area contributed by atoms with Crippen molar-refractivity contribution in [1.82, 2.24) is 14.7 Å². The number of hydrogen-bond donors (Lipinski definition) is 0. The highest BCUT2D eigenvalue weighted by Crippen LogP contribution is 2.35. The van der Waals surface area contributed by atoms with Crippen LogP contribution in [0.3, 0.4) is 0 Å². The first-order valence-corrected chi connectivity index (χ1v) is 11.6. The molecule has 0 N–H and O–H groups in total. The van der Waals surface area contributed by atoms with Gasteiger partial charge in [-0.2, -0.15) is 0 Å². The summed E-state index contributed by atoms with van der Waals surface area (Å²) >= 11 is 0. The molecule has 1 saturated carbocycles. The fourth-order valence-corrected chi connectivity index (χ4v) is 5.56. The lowest BCUT2D eigenvalue weighted by atomic mass is 9.78. The van der Waals surface area contributed by atoms with Crippen LogP contribution in [-0.2, 0) is 11.3 Å². The van der Waals surface area contributed by atoms with E-state index in [1.165, 1.54) is 44.1 Å². The number of carbonyl (C=O) groups is 1. The summed E-state index contributed by atoms with van der Waals surface area (Å²) in [6, 6.07) is 6.66. The van der Waals surface area contributed by atoms with E-state index in [2.05, 4.69) is 26.8 Å². The number of fused-ring (bicyclic) bond motifs is 1. The Kier molecular flexibility index (Phi) is 7.16. The topological polar surface area (TPSA) is 45.2 Å². The van der Waals surface area contributed by atoms with Crippen molar-refractivity contribution in [2.24, 2.45) is 5.92 Å². The Bertz CT molecular complexity index is 716. The number of hydrogen-bond acceptors (Lipinski definition) is 5. The molecule has 2 atom stereocenters. The highest BCUT2D eigenvalue weighted by molar-refractivity contribution is 5.78. The Morgan fingerprint density at radius 3 is 2.37 bits per heavy atom. The van der Waals surface area contributed by atoms with Gasteiger partial charge in [0.2, 0.25) is 5.91 Å². The molecule has 1 aromatic rings. The molecule has 0 aromatic heterocycles. The van der Waals surface area contributed by atoms with Crippen LogP contribution in [0.4, 0.5) is 0 Å². The van der Waals surface area contributed by atoms with Crippen molar-refractivity contribution >= 4 is 5.91 Å². The monoisotopic (exact) mass is 415 g/mol. The molecule has 2 heterocycles. The minimum absolute atomic E-state index is 0.361. The summed E-state index contributed by atoms with van der Waals surface area (Å²) in [5.41, 5.74) is 1.23. The van der Waals surface area contributed by atoms with E-state index < -0.39 is 0 Å². The number of likely N-dealkylation sites (tertiary alicyclic amines) is 1. The van der Waals surface area contributed by atoms with Crippen LogP contribution >= 0.6 is 0 Å². The molecule has 0 unspecified atom stereocenters. The first kappa shape index (κ1) is 21.4. The number of methoxy groups -OCH3 is 2. The van der Waals surface area contributed by atoms with Gasteiger partial charge in [0, 0.05) is 45.3 Å². The van der Waals surface area contributed by atoms with Gasteiger partial charge in [-0.25, -0.2) is 0 Å². The zero-order valence-electron chi connectivity index (χ0n) is 18.6. The van der Waals surface area contributed by atoms with Crippen molar-refractivity contribution in [3.05, 3.63) is 23.8 Å². The van der Waals surface area contributed by atoms with Gasteiger partial charge in [0.05, 0.1) is 20.8 Å². The van der Waals surface area contributed by atoms with E-state index in [-0.39, 0.29) is 0 Å². The third-order valence-electron chi connectivity index (χ3n) is 7.24. The molecule has 30 heavy (non-hydrogen) atoms. The lowest BCUT2D eigenvalue weighted by molar-refractivity contribution is -0.139. The van der Waals surface area contributed by atoms with Gasteiger partial charge in [-0.05, 0) is 49.3 Å². The molecule has 2 aliphatic heterocycles. The minimum atomic E-state index is 0.361. The number of amides is 1. The van der Waals surface area contributed by atoms with E-state index in [1.54, 1.807) is 14.2 Å². The lowest BCUT2D eigenvalue weighted by Gasteiger charge is -2.45. The zero-order chi connectivity index (χ0) is 20.9. The van der Waals surface area contributed by atoms with Crippen LogP contribution in [0.2, 0.25) is 0 Å². The smallest absolute Gasteiger partial charge is 0.237 e. The molecule has 0 spiro atoms. The van der Waals surface area contributed by atoms with Gasteiger partial charge < -0.3 is 14.4 Å². The number of piperazine rings is 1. The van der Waals surface area contributed by atoms with E-state index in [0.29, 0.717) is 18.5 Å². The molecule has 1 amide bonds. The Hall–Kier alpha value is -1.79. The third kappa shape index (κ3) is 4.92. The van der Waals surface area contributed by atoms with Gasteiger partial charge in [0.1, 0.15) is 0 Å². The molecule has 6 heteroatoms. The maximum atomic E-state index is 13.1. The van der Waals surface area contributed by atoms with Crippen LogP contribution in [0.25, 0.3) is 0 Å². The average Bonchev–Trinajstić information content (AvgIpc) is 2.79. The summed E-state index contributed by atoms with van der Waals surface area (Å²) < 4.78 is 10.8. The number of piperidine rings is 1. The minimum Gasteiger partial charge on any atom is -0.493 e. The van der Waals surface area contributed by atoms with Gasteiger partial charge in [-0.15, -0.1) is 0 Å². The molecule has 6 nitrogen and oxygen atoms in total. The van der Waals surface area contributed by atoms with E-state index in [4.69, 9.17) is 9.47 Å². The van der Waals surface area contributed by atoms with Crippen molar-refractivity contribution in [3.8, 4) is 11.5 Å². The normalized spacial score (nSPS) is 25.6. The van der Waals surface area contributed by atoms with Crippen LogP contribution < -0.4 is 9.47 Å². The Labute approximate surface area is 181 Å². The van der Waals surface area contributed by atoms with E-state index in [9.17, 15) is 4.79 Å². The molecule has 1 aliphatic carbocycles. The van der Waals surface area contributed by atoms with Crippen LogP contribution in [-0.4, -0.2) is 80.1 Å². The summed E-state index contributed by atoms with van der Waals surface area (Å²) in [5.74, 6) is 2.67. The number of nitrogens with zero attached hydrogens (tertiary/aromatic N) is 3. The highest BCUT2D eigenvalue weighted by atomic mass is 16.5. The van der Waals surface area contributed by atoms with Crippen molar-refractivity contribution in [3.63, 3.8) is 0 Å². The standard InChI is InChI=1S/C24H37N3O3/c1-29-22-10-9-19(16-23(22)30-2)17-25-12-14-26(15-13-25)18-24(28)27-11-5-7-20-6-3-4-8-21(20)27/h9-10,16,20-21H,3-8,11-15,17-18H2,1-2H3/t20-,21-/m0/s1. The SMILES string of the molecule is COc1ccc(CN2CCN(CC(=O)N3CCC[C@@H]4CCCC[C@@H]43)CC2)cc1OC. The fraction of sp³-hybridized carbons (Fsp3) is 0.708. The van der Waals surface area contributed by atoms with Gasteiger partial charge in [0.15, 0.2) is 11.5 Å². The van der Waals surface area contributed by atoms with Gasteiger partial charge >= 0.3 is 0 Å². The predicted octanol–water partition coefficient (Wildman–Crippen LogP) is 3.00. The van der Waals surface area contributed by atoms with Gasteiger partial charge in [-0.1, -0.05) is 18.9 Å². The first-order chi connectivity index (χ1) is 14.7. The number of ether oxygens (including phenoxy) is 2. The lowest BCUT2D eigenvalue weighted by Crippen LogP contribution is -2.54. The molecule has 1 aromatic carbocycles. The molecule has 3 fully saturated rings. The summed E-state index contributed by atoms with van der Waals surface area (Å²) in [5, 5.41) is 0. The molecular formula is C24H37N3O3. The Balaban J connectivity index is 1.26. The maximum absolute atomic E-state index is 13.1. The first-order valence-electron chi connectivity index (χ1n) is 11.6. The van der Waals surface area contributed by atoms with Crippen molar-refractivity contribution in [2.75, 3.05) is 53.5 Å². The summed E-state index contributed by atoms with van der Waals surface area (Å²) in [7, 11) is 3.34. The highest BCUT2D eigenvalue weighted by Gasteiger charge is 2.36. The molecular weight excluding hydrogens is 378 g/mol. The predicted molar refractivity (Wildman–Crippen MR) is 118 cm³/mol. The zero-order valence-corrected chi connectivity index (χ0v) is 18.6. The largest absolute Gasteiger partial charge is 0.493 e. The second kappa shape index (κ2) is 10.0. The molecule has 2 saturated heterocycles. The van der Waals surface area contributed by atoms with Crippen LogP contribution in [0.1, 0.15) is 44.1 Å². The molecule has 166 valence electrons. The van der Waals surface area contributed by atoms with E-state index >= 15 is 0 Å². The van der Waals surface area contributed by atoms with Crippen LogP contribution in [0.15, 0.2) is 18.2 Å². The average molecular weight is 416 g/mol. The van der Waals surface area contributed by atoms with Crippen molar-refractivity contribution in [1.29, 1.82) is 0 Å².